The van der Waals surface area contributed by atoms with Crippen LogP contribution in [0.25, 0.3) is 11.0 Å². The van der Waals surface area contributed by atoms with Gasteiger partial charge >= 0.3 is 5.97 Å². The maximum absolute atomic E-state index is 12.5. The van der Waals surface area contributed by atoms with Crippen LogP contribution >= 0.6 is 0 Å². The molecule has 0 saturated carbocycles. The van der Waals surface area contributed by atoms with Gasteiger partial charge < -0.3 is 10.1 Å². The number of nitrogens with zero attached hydrogens (tertiary/aromatic N) is 2. The minimum absolute atomic E-state index is 0.330. The highest BCUT2D eigenvalue weighted by molar-refractivity contribution is 5.98. The molecule has 6 heteroatoms. The van der Waals surface area contributed by atoms with Crippen molar-refractivity contribution in [3.05, 3.63) is 64.5 Å². The number of esters is 1. The summed E-state index contributed by atoms with van der Waals surface area (Å²) in [5.41, 5.74) is 6.07. The number of hydrogen-bond acceptors (Lipinski definition) is 5. The number of carbonyl (C=O) groups is 2. The quantitative estimate of drug-likeness (QED) is 0.694. The summed E-state index contributed by atoms with van der Waals surface area (Å²) in [4.78, 5) is 33.8. The number of ether oxygens (including phenoxy) is 1. The molecule has 0 bridgehead atoms. The van der Waals surface area contributed by atoms with Crippen molar-refractivity contribution >= 4 is 28.6 Å². The van der Waals surface area contributed by atoms with Crippen molar-refractivity contribution in [2.45, 2.75) is 40.7 Å². The van der Waals surface area contributed by atoms with E-state index in [1.807, 2.05) is 45.9 Å². The maximum atomic E-state index is 12.5. The van der Waals surface area contributed by atoms with Gasteiger partial charge in [0.1, 0.15) is 0 Å². The zero-order valence-corrected chi connectivity index (χ0v) is 16.7. The third kappa shape index (κ3) is 4.17. The number of nitrogens with one attached hydrogen (secondary N) is 1. The molecule has 1 atom stereocenters. The zero-order valence-electron chi connectivity index (χ0n) is 16.7. The summed E-state index contributed by atoms with van der Waals surface area (Å²) >= 11 is 0. The van der Waals surface area contributed by atoms with E-state index in [-0.39, 0.29) is 5.91 Å². The Morgan fingerprint density at radius 1 is 0.929 bits per heavy atom. The van der Waals surface area contributed by atoms with Crippen molar-refractivity contribution in [3.63, 3.8) is 0 Å². The predicted molar refractivity (Wildman–Crippen MR) is 108 cm³/mol. The van der Waals surface area contributed by atoms with E-state index in [9.17, 15) is 9.59 Å². The Kier molecular flexibility index (Phi) is 5.40. The molecule has 0 radical (unpaired) electrons. The fourth-order valence-corrected chi connectivity index (χ4v) is 2.83. The van der Waals surface area contributed by atoms with E-state index in [4.69, 9.17) is 4.74 Å². The van der Waals surface area contributed by atoms with Gasteiger partial charge in [0.05, 0.1) is 28.0 Å². The van der Waals surface area contributed by atoms with Crippen molar-refractivity contribution in [3.8, 4) is 0 Å². The lowest BCUT2D eigenvalue weighted by atomic mass is 10.1. The Morgan fingerprint density at radius 2 is 1.61 bits per heavy atom. The van der Waals surface area contributed by atoms with Gasteiger partial charge in [-0.15, -0.1) is 0 Å². The first-order chi connectivity index (χ1) is 13.2. The second kappa shape index (κ2) is 7.76. The molecule has 0 fully saturated rings. The molecule has 28 heavy (non-hydrogen) atoms. The largest absolute Gasteiger partial charge is 0.449 e. The molecule has 1 amide bonds. The molecule has 0 unspecified atom stereocenters. The first-order valence-corrected chi connectivity index (χ1v) is 9.08. The summed E-state index contributed by atoms with van der Waals surface area (Å²) < 4.78 is 5.34. The zero-order chi connectivity index (χ0) is 20.4. The fourth-order valence-electron chi connectivity index (χ4n) is 2.83. The molecule has 1 heterocycles. The van der Waals surface area contributed by atoms with Crippen LogP contribution in [0.5, 0.6) is 0 Å². The summed E-state index contributed by atoms with van der Waals surface area (Å²) in [7, 11) is 0. The topological polar surface area (TPSA) is 81.2 Å². The van der Waals surface area contributed by atoms with Crippen LogP contribution in [0.3, 0.4) is 0 Å². The van der Waals surface area contributed by atoms with E-state index in [2.05, 4.69) is 15.3 Å². The highest BCUT2D eigenvalue weighted by Crippen LogP contribution is 2.18. The number of rotatable bonds is 4. The number of hydrogen-bond donors (Lipinski definition) is 1. The van der Waals surface area contributed by atoms with Crippen molar-refractivity contribution in [2.75, 3.05) is 5.32 Å². The number of fused-ring (bicyclic) bond motifs is 1. The summed E-state index contributed by atoms with van der Waals surface area (Å²) in [6.45, 7) is 9.20. The third-order valence-electron chi connectivity index (χ3n) is 4.60. The summed E-state index contributed by atoms with van der Waals surface area (Å²) in [5.74, 6) is -0.961. The molecular weight excluding hydrogens is 354 g/mol. The molecule has 3 aromatic rings. The molecule has 6 nitrogen and oxygen atoms in total. The lowest BCUT2D eigenvalue weighted by molar-refractivity contribution is -0.123. The van der Waals surface area contributed by atoms with Gasteiger partial charge in [-0.3, -0.25) is 4.79 Å². The Morgan fingerprint density at radius 3 is 2.29 bits per heavy atom. The molecule has 1 aromatic heterocycles. The van der Waals surface area contributed by atoms with Gasteiger partial charge in [-0.05, 0) is 64.4 Å². The first-order valence-electron chi connectivity index (χ1n) is 9.08. The monoisotopic (exact) mass is 377 g/mol. The molecule has 0 saturated heterocycles. The van der Waals surface area contributed by atoms with Gasteiger partial charge in [0, 0.05) is 5.69 Å². The number of carbonyl (C=O) groups excluding carboxylic acids is 2. The number of aromatic nitrogens is 2. The average molecular weight is 377 g/mol. The molecule has 0 aliphatic heterocycles. The van der Waals surface area contributed by atoms with Gasteiger partial charge in [0.2, 0.25) is 0 Å². The second-order valence-corrected chi connectivity index (χ2v) is 6.95. The van der Waals surface area contributed by atoms with Crippen LogP contribution in [0.1, 0.15) is 39.8 Å². The minimum atomic E-state index is -0.935. The maximum Gasteiger partial charge on any atom is 0.338 e. The number of amides is 1. The lowest BCUT2D eigenvalue weighted by Crippen LogP contribution is -2.30. The highest BCUT2D eigenvalue weighted by atomic mass is 16.5. The minimum Gasteiger partial charge on any atom is -0.449 e. The molecule has 1 N–H and O–H groups in total. The first kappa shape index (κ1) is 19.5. The van der Waals surface area contributed by atoms with Crippen LogP contribution < -0.4 is 5.32 Å². The summed E-state index contributed by atoms with van der Waals surface area (Å²) in [6, 6.07) is 10.7. The lowest BCUT2D eigenvalue weighted by Gasteiger charge is -2.15. The predicted octanol–water partition coefficient (Wildman–Crippen LogP) is 4.05. The van der Waals surface area contributed by atoms with E-state index >= 15 is 0 Å². The van der Waals surface area contributed by atoms with Crippen LogP contribution in [0, 0.1) is 27.7 Å². The normalized spacial score (nSPS) is 11.9. The number of aryl methyl sites for hydroxylation is 4. The molecule has 0 aliphatic carbocycles. The van der Waals surface area contributed by atoms with E-state index < -0.39 is 12.1 Å². The second-order valence-electron chi connectivity index (χ2n) is 6.95. The van der Waals surface area contributed by atoms with Crippen LogP contribution in [0.15, 0.2) is 36.4 Å². The Bertz CT molecular complexity index is 1080. The van der Waals surface area contributed by atoms with E-state index in [0.29, 0.717) is 22.3 Å². The number of benzene rings is 2. The van der Waals surface area contributed by atoms with Crippen molar-refractivity contribution < 1.29 is 14.3 Å². The SMILES string of the molecule is Cc1ccc(NC(=O)[C@@H](C)OC(=O)c2ccc3nc(C)c(C)nc3c2)c(C)c1. The fraction of sp³-hybridized carbons (Fsp3) is 0.273. The standard InChI is InChI=1S/C22H23N3O3/c1-12-6-8-18(13(2)10-12)25-21(26)16(5)28-22(27)17-7-9-19-20(11-17)24-15(4)14(3)23-19/h6-11,16H,1-5H3,(H,25,26)/t16-/m1/s1. The van der Waals surface area contributed by atoms with E-state index in [0.717, 1.165) is 22.5 Å². The molecule has 2 aromatic carbocycles. The molecule has 3 rings (SSSR count). The van der Waals surface area contributed by atoms with E-state index in [1.54, 1.807) is 25.1 Å². The molecule has 144 valence electrons. The summed E-state index contributed by atoms with van der Waals surface area (Å²) in [6.07, 6.45) is -0.935. The Balaban J connectivity index is 1.71. The van der Waals surface area contributed by atoms with Gasteiger partial charge in [0.15, 0.2) is 6.10 Å². The van der Waals surface area contributed by atoms with Gasteiger partial charge in [-0.1, -0.05) is 17.7 Å². The van der Waals surface area contributed by atoms with Crippen molar-refractivity contribution in [1.82, 2.24) is 9.97 Å². The van der Waals surface area contributed by atoms with Gasteiger partial charge in [-0.25, -0.2) is 14.8 Å². The Labute approximate surface area is 164 Å². The third-order valence-corrected chi connectivity index (χ3v) is 4.60. The van der Waals surface area contributed by atoms with Gasteiger partial charge in [0.25, 0.3) is 5.91 Å². The molecular formula is C22H23N3O3. The Hall–Kier alpha value is -3.28. The van der Waals surface area contributed by atoms with Crippen molar-refractivity contribution in [2.24, 2.45) is 0 Å². The van der Waals surface area contributed by atoms with Crippen LogP contribution in [0.4, 0.5) is 5.69 Å². The van der Waals surface area contributed by atoms with E-state index in [1.165, 1.54) is 0 Å². The smallest absolute Gasteiger partial charge is 0.338 e. The van der Waals surface area contributed by atoms with Crippen LogP contribution in [-0.4, -0.2) is 27.9 Å². The molecule has 0 aliphatic rings. The van der Waals surface area contributed by atoms with Gasteiger partial charge in [-0.2, -0.15) is 0 Å². The van der Waals surface area contributed by atoms with Crippen molar-refractivity contribution in [1.29, 1.82) is 0 Å². The molecule has 0 spiro atoms. The average Bonchev–Trinajstić information content (AvgIpc) is 2.64. The van der Waals surface area contributed by atoms with Crippen LogP contribution in [-0.2, 0) is 9.53 Å². The summed E-state index contributed by atoms with van der Waals surface area (Å²) in [5, 5.41) is 2.80. The highest BCUT2D eigenvalue weighted by Gasteiger charge is 2.20. The van der Waals surface area contributed by atoms with Crippen LogP contribution in [0.2, 0.25) is 0 Å². The number of anilines is 1.